The monoisotopic (exact) mass is 293 g/mol. The van der Waals surface area contributed by atoms with Crippen molar-refractivity contribution in [3.8, 4) is 11.5 Å². The number of ether oxygens (including phenoxy) is 3. The summed E-state index contributed by atoms with van der Waals surface area (Å²) < 4.78 is 16.3. The molecule has 2 rings (SSSR count). The summed E-state index contributed by atoms with van der Waals surface area (Å²) >= 11 is 0. The molecule has 5 nitrogen and oxygen atoms in total. The van der Waals surface area contributed by atoms with Gasteiger partial charge >= 0.3 is 5.97 Å². The molecule has 1 aromatic rings. The van der Waals surface area contributed by atoms with Gasteiger partial charge in [0.2, 0.25) is 0 Å². The van der Waals surface area contributed by atoms with Crippen molar-refractivity contribution < 1.29 is 19.0 Å². The third-order valence-corrected chi connectivity index (χ3v) is 3.04. The molecule has 0 saturated heterocycles. The number of hydrogen-bond donors (Lipinski definition) is 1. The second kappa shape index (κ2) is 6.35. The smallest absolute Gasteiger partial charge is 0.320 e. The Hall–Kier alpha value is -1.75. The highest BCUT2D eigenvalue weighted by atomic mass is 16.6. The van der Waals surface area contributed by atoms with Crippen LogP contribution in [0, 0.1) is 0 Å². The molecule has 1 aliphatic heterocycles. The van der Waals surface area contributed by atoms with E-state index < -0.39 is 5.60 Å². The molecule has 116 valence electrons. The largest absolute Gasteiger partial charge is 0.486 e. The van der Waals surface area contributed by atoms with Crippen molar-refractivity contribution in [3.05, 3.63) is 23.8 Å². The van der Waals surface area contributed by atoms with Crippen molar-refractivity contribution in [2.75, 3.05) is 19.8 Å². The van der Waals surface area contributed by atoms with Crippen LogP contribution in [-0.2, 0) is 9.53 Å². The lowest BCUT2D eigenvalue weighted by Gasteiger charge is -2.22. The highest BCUT2D eigenvalue weighted by Crippen LogP contribution is 2.32. The van der Waals surface area contributed by atoms with E-state index in [1.54, 1.807) is 0 Å². The molecule has 0 spiro atoms. The van der Waals surface area contributed by atoms with Gasteiger partial charge in [0.05, 0.1) is 6.54 Å². The van der Waals surface area contributed by atoms with Crippen molar-refractivity contribution in [1.82, 2.24) is 5.32 Å². The molecule has 5 heteroatoms. The van der Waals surface area contributed by atoms with Crippen LogP contribution in [0.15, 0.2) is 18.2 Å². The van der Waals surface area contributed by atoms with Crippen LogP contribution in [0.1, 0.15) is 39.3 Å². The van der Waals surface area contributed by atoms with Crippen molar-refractivity contribution in [2.45, 2.75) is 39.3 Å². The molecular weight excluding hydrogens is 270 g/mol. The lowest BCUT2D eigenvalue weighted by molar-refractivity contribution is -0.153. The van der Waals surface area contributed by atoms with Gasteiger partial charge in [0.15, 0.2) is 11.5 Å². The first-order valence-corrected chi connectivity index (χ1v) is 7.20. The Kier molecular flexibility index (Phi) is 4.73. The fraction of sp³-hybridized carbons (Fsp3) is 0.562. The van der Waals surface area contributed by atoms with Crippen LogP contribution in [0.25, 0.3) is 0 Å². The highest BCUT2D eigenvalue weighted by molar-refractivity contribution is 5.72. The first kappa shape index (κ1) is 15.6. The molecule has 0 aromatic heterocycles. The number of benzene rings is 1. The molecule has 0 fully saturated rings. The van der Waals surface area contributed by atoms with Crippen LogP contribution in [0.2, 0.25) is 0 Å². The minimum Gasteiger partial charge on any atom is -0.486 e. The number of hydrogen-bond acceptors (Lipinski definition) is 5. The summed E-state index contributed by atoms with van der Waals surface area (Å²) in [5.41, 5.74) is 0.585. The maximum atomic E-state index is 11.7. The van der Waals surface area contributed by atoms with Crippen LogP contribution in [0.4, 0.5) is 0 Å². The van der Waals surface area contributed by atoms with Crippen LogP contribution in [0.3, 0.4) is 0 Å². The summed E-state index contributed by atoms with van der Waals surface area (Å²) in [5, 5.41) is 3.16. The molecule has 21 heavy (non-hydrogen) atoms. The van der Waals surface area contributed by atoms with Crippen molar-refractivity contribution in [2.24, 2.45) is 0 Å². The van der Waals surface area contributed by atoms with Gasteiger partial charge in [-0.05, 0) is 45.4 Å². The standard InChI is InChI=1S/C16H23NO4/c1-11(17-10-15(18)21-16(2,3)4)12-5-6-13-14(9-12)20-8-7-19-13/h5-6,9,11,17H,7-8,10H2,1-4H3. The van der Waals surface area contributed by atoms with E-state index >= 15 is 0 Å². The molecular formula is C16H23NO4. The first-order valence-electron chi connectivity index (χ1n) is 7.20. The molecule has 0 aliphatic carbocycles. The minimum absolute atomic E-state index is 0.0216. The summed E-state index contributed by atoms with van der Waals surface area (Å²) in [7, 11) is 0. The van der Waals surface area contributed by atoms with Gasteiger partial charge in [-0.1, -0.05) is 6.07 Å². The number of rotatable bonds is 4. The molecule has 0 radical (unpaired) electrons. The maximum Gasteiger partial charge on any atom is 0.320 e. The molecule has 1 atom stereocenters. The Bertz CT molecular complexity index is 507. The molecule has 1 aromatic carbocycles. The summed E-state index contributed by atoms with van der Waals surface area (Å²) in [4.78, 5) is 11.7. The Balaban J connectivity index is 1.91. The predicted molar refractivity (Wildman–Crippen MR) is 79.7 cm³/mol. The van der Waals surface area contributed by atoms with Gasteiger partial charge in [0.1, 0.15) is 18.8 Å². The van der Waals surface area contributed by atoms with E-state index in [2.05, 4.69) is 5.32 Å². The van der Waals surface area contributed by atoms with Gasteiger partial charge in [-0.2, -0.15) is 0 Å². The third-order valence-electron chi connectivity index (χ3n) is 3.04. The molecule has 0 bridgehead atoms. The second-order valence-corrected chi connectivity index (χ2v) is 6.09. The number of fused-ring (bicyclic) bond motifs is 1. The molecule has 0 saturated carbocycles. The fourth-order valence-electron chi connectivity index (χ4n) is 2.06. The van der Waals surface area contributed by atoms with Gasteiger partial charge in [0, 0.05) is 6.04 Å². The van der Waals surface area contributed by atoms with Crippen molar-refractivity contribution >= 4 is 5.97 Å². The average molecular weight is 293 g/mol. The summed E-state index contributed by atoms with van der Waals surface area (Å²) in [6.07, 6.45) is 0. The van der Waals surface area contributed by atoms with Gasteiger partial charge in [-0.15, -0.1) is 0 Å². The molecule has 1 unspecified atom stereocenters. The lowest BCUT2D eigenvalue weighted by Crippen LogP contribution is -2.32. The van der Waals surface area contributed by atoms with Gasteiger partial charge in [-0.25, -0.2) is 0 Å². The Labute approximate surface area is 125 Å². The van der Waals surface area contributed by atoms with E-state index in [1.807, 2.05) is 45.9 Å². The zero-order valence-electron chi connectivity index (χ0n) is 13.1. The van der Waals surface area contributed by atoms with E-state index in [9.17, 15) is 4.79 Å². The molecule has 0 amide bonds. The predicted octanol–water partition coefficient (Wildman–Crippen LogP) is 2.45. The number of carbonyl (C=O) groups excluding carboxylic acids is 1. The average Bonchev–Trinajstić information content (AvgIpc) is 2.42. The molecule has 1 N–H and O–H groups in total. The molecule has 1 heterocycles. The van der Waals surface area contributed by atoms with E-state index in [4.69, 9.17) is 14.2 Å². The second-order valence-electron chi connectivity index (χ2n) is 6.09. The highest BCUT2D eigenvalue weighted by Gasteiger charge is 2.18. The summed E-state index contributed by atoms with van der Waals surface area (Å²) in [6, 6.07) is 5.84. The van der Waals surface area contributed by atoms with E-state index in [-0.39, 0.29) is 18.6 Å². The number of carbonyl (C=O) groups is 1. The van der Waals surface area contributed by atoms with E-state index in [1.165, 1.54) is 0 Å². The Morgan fingerprint density at radius 1 is 1.29 bits per heavy atom. The third kappa shape index (κ3) is 4.63. The number of nitrogens with one attached hydrogen (secondary N) is 1. The van der Waals surface area contributed by atoms with Crippen molar-refractivity contribution in [1.29, 1.82) is 0 Å². The first-order chi connectivity index (χ1) is 9.85. The quantitative estimate of drug-likeness (QED) is 0.864. The van der Waals surface area contributed by atoms with Gasteiger partial charge in [-0.3, -0.25) is 4.79 Å². The van der Waals surface area contributed by atoms with Crippen LogP contribution in [0.5, 0.6) is 11.5 Å². The lowest BCUT2D eigenvalue weighted by atomic mass is 10.1. The summed E-state index contributed by atoms with van der Waals surface area (Å²) in [5.74, 6) is 1.26. The SMILES string of the molecule is CC(NCC(=O)OC(C)(C)C)c1ccc2c(c1)OCCO2. The van der Waals surface area contributed by atoms with Crippen LogP contribution < -0.4 is 14.8 Å². The Morgan fingerprint density at radius 3 is 2.62 bits per heavy atom. The molecule has 1 aliphatic rings. The zero-order valence-corrected chi connectivity index (χ0v) is 13.1. The van der Waals surface area contributed by atoms with Crippen LogP contribution in [-0.4, -0.2) is 31.3 Å². The number of esters is 1. The zero-order chi connectivity index (χ0) is 15.5. The summed E-state index contributed by atoms with van der Waals surface area (Å²) in [6.45, 7) is 8.89. The minimum atomic E-state index is -0.459. The van der Waals surface area contributed by atoms with Crippen molar-refractivity contribution in [3.63, 3.8) is 0 Å². The van der Waals surface area contributed by atoms with E-state index in [0.29, 0.717) is 13.2 Å². The van der Waals surface area contributed by atoms with Crippen LogP contribution >= 0.6 is 0 Å². The van der Waals surface area contributed by atoms with Gasteiger partial charge < -0.3 is 19.5 Å². The van der Waals surface area contributed by atoms with E-state index in [0.717, 1.165) is 17.1 Å². The van der Waals surface area contributed by atoms with Gasteiger partial charge in [0.25, 0.3) is 0 Å². The normalized spacial score (nSPS) is 15.4. The maximum absolute atomic E-state index is 11.7. The Morgan fingerprint density at radius 2 is 1.95 bits per heavy atom. The topological polar surface area (TPSA) is 56.8 Å². The fourth-order valence-corrected chi connectivity index (χ4v) is 2.06.